The van der Waals surface area contributed by atoms with Crippen molar-refractivity contribution in [2.24, 2.45) is 0 Å². The third-order valence-corrected chi connectivity index (χ3v) is 9.25. The van der Waals surface area contributed by atoms with Crippen molar-refractivity contribution in [1.82, 2.24) is 0 Å². The second kappa shape index (κ2) is 13.3. The molecule has 240 valence electrons. The van der Waals surface area contributed by atoms with Gasteiger partial charge in [0.2, 0.25) is 0 Å². The molecule has 0 atom stereocenters. The first kappa shape index (κ1) is 23.6. The van der Waals surface area contributed by atoms with Crippen LogP contribution in [0.1, 0.15) is 9.60 Å². The largest absolute Gasteiger partial charge is 0.309 e. The van der Waals surface area contributed by atoms with Crippen molar-refractivity contribution in [3.8, 4) is 44.5 Å². The molecular weight excluding hydrogens is 615 g/mol. The maximum atomic E-state index is 9.84. The molecular formula is C50H35N. The molecule has 9 aromatic carbocycles. The van der Waals surface area contributed by atoms with Gasteiger partial charge in [-0.2, -0.15) is 0 Å². The van der Waals surface area contributed by atoms with Crippen LogP contribution in [0.25, 0.3) is 66.1 Å². The van der Waals surface area contributed by atoms with Crippen LogP contribution in [0.4, 0.5) is 17.1 Å². The molecule has 0 saturated carbocycles. The Labute approximate surface area is 309 Å². The van der Waals surface area contributed by atoms with Crippen molar-refractivity contribution in [2.45, 2.75) is 0 Å². The van der Waals surface area contributed by atoms with Gasteiger partial charge in [-0.05, 0) is 85.3 Å². The van der Waals surface area contributed by atoms with E-state index in [0.717, 1.165) is 32.7 Å². The van der Waals surface area contributed by atoms with Crippen LogP contribution in [-0.2, 0) is 0 Å². The molecule has 0 fully saturated rings. The predicted octanol–water partition coefficient (Wildman–Crippen LogP) is 14.1. The lowest BCUT2D eigenvalue weighted by atomic mass is 9.89. The van der Waals surface area contributed by atoms with Crippen molar-refractivity contribution in [3.63, 3.8) is 0 Å². The fourth-order valence-electron chi connectivity index (χ4n) is 6.83. The first-order valence-electron chi connectivity index (χ1n) is 20.5. The minimum atomic E-state index is -0.320. The van der Waals surface area contributed by atoms with Crippen molar-refractivity contribution in [2.75, 3.05) is 4.90 Å². The summed E-state index contributed by atoms with van der Waals surface area (Å²) in [6, 6.07) is 51.7. The van der Waals surface area contributed by atoms with Crippen LogP contribution in [0, 0.1) is 0 Å². The van der Waals surface area contributed by atoms with Crippen LogP contribution in [0.2, 0.25) is 0 Å². The lowest BCUT2D eigenvalue weighted by Crippen LogP contribution is -2.12. The van der Waals surface area contributed by atoms with E-state index in [0.29, 0.717) is 27.9 Å². The number of rotatable bonds is 7. The Balaban J connectivity index is 1.41. The summed E-state index contributed by atoms with van der Waals surface area (Å²) in [5.41, 5.74) is 4.73. The van der Waals surface area contributed by atoms with Crippen molar-refractivity contribution in [1.29, 1.82) is 0 Å². The summed E-state index contributed by atoms with van der Waals surface area (Å²) in [6.45, 7) is 0. The minimum absolute atomic E-state index is 0.00850. The quantitative estimate of drug-likeness (QED) is 0.165. The molecule has 0 aromatic heterocycles. The molecule has 0 heterocycles. The number of benzene rings is 9. The van der Waals surface area contributed by atoms with Gasteiger partial charge in [0.15, 0.2) is 0 Å². The number of nitrogens with zero attached hydrogens (tertiary/aromatic N) is 1. The molecule has 0 aliphatic heterocycles. The zero-order valence-electron chi connectivity index (χ0n) is 34.6. The van der Waals surface area contributed by atoms with E-state index < -0.39 is 0 Å². The van der Waals surface area contributed by atoms with Crippen LogP contribution in [0.5, 0.6) is 0 Å². The lowest BCUT2D eigenvalue weighted by molar-refractivity contribution is 1.30. The molecule has 0 amide bonds. The van der Waals surface area contributed by atoms with E-state index in [1.54, 1.807) is 4.90 Å². The first-order valence-corrected chi connectivity index (χ1v) is 17.0. The van der Waals surface area contributed by atoms with Crippen LogP contribution < -0.4 is 4.90 Å². The summed E-state index contributed by atoms with van der Waals surface area (Å²) in [6.07, 6.45) is 0. The van der Waals surface area contributed by atoms with Gasteiger partial charge in [-0.25, -0.2) is 0 Å². The summed E-state index contributed by atoms with van der Waals surface area (Å²) in [5.74, 6) is 0. The van der Waals surface area contributed by atoms with E-state index in [1.165, 1.54) is 0 Å². The fraction of sp³-hybridized carbons (Fsp3) is 0. The van der Waals surface area contributed by atoms with E-state index in [-0.39, 0.29) is 64.8 Å². The molecule has 0 aliphatic carbocycles. The van der Waals surface area contributed by atoms with E-state index >= 15 is 0 Å². The zero-order valence-corrected chi connectivity index (χ0v) is 27.6. The van der Waals surface area contributed by atoms with Gasteiger partial charge < -0.3 is 4.90 Å². The Hall–Kier alpha value is -6.70. The van der Waals surface area contributed by atoms with E-state index in [2.05, 4.69) is 0 Å². The molecule has 9 aromatic rings. The van der Waals surface area contributed by atoms with Gasteiger partial charge >= 0.3 is 0 Å². The topological polar surface area (TPSA) is 3.24 Å². The van der Waals surface area contributed by atoms with Gasteiger partial charge in [0.1, 0.15) is 0 Å². The highest BCUT2D eigenvalue weighted by Crippen LogP contribution is 2.46. The Morgan fingerprint density at radius 2 is 0.882 bits per heavy atom. The molecule has 51 heavy (non-hydrogen) atoms. The number of hydrogen-bond donors (Lipinski definition) is 0. The average Bonchev–Trinajstić information content (AvgIpc) is 3.26. The normalized spacial score (nSPS) is 13.1. The summed E-state index contributed by atoms with van der Waals surface area (Å²) < 4.78 is 68.2. The van der Waals surface area contributed by atoms with E-state index in [9.17, 15) is 9.60 Å². The highest BCUT2D eigenvalue weighted by Gasteiger charge is 2.21. The van der Waals surface area contributed by atoms with Gasteiger partial charge in [0.25, 0.3) is 0 Å². The number of anilines is 3. The lowest BCUT2D eigenvalue weighted by Gasteiger charge is -2.29. The molecule has 0 N–H and O–H groups in total. The number of fused-ring (bicyclic) bond motifs is 2. The predicted molar refractivity (Wildman–Crippen MR) is 218 cm³/mol. The Kier molecular flexibility index (Phi) is 6.16. The fourth-order valence-corrected chi connectivity index (χ4v) is 6.83. The third-order valence-electron chi connectivity index (χ3n) is 9.25. The molecule has 1 heteroatoms. The summed E-state index contributed by atoms with van der Waals surface area (Å²) in [5, 5.41) is 3.48. The van der Waals surface area contributed by atoms with Crippen molar-refractivity contribution in [3.05, 3.63) is 212 Å². The van der Waals surface area contributed by atoms with Crippen LogP contribution in [-0.4, -0.2) is 0 Å². The van der Waals surface area contributed by atoms with Gasteiger partial charge in [-0.3, -0.25) is 0 Å². The van der Waals surface area contributed by atoms with Gasteiger partial charge in [0.05, 0.1) is 21.0 Å². The second-order valence-electron chi connectivity index (χ2n) is 12.3. The SMILES string of the molecule is [2H]c1c([2H])c(N(c2c([2H])c([2H])c(-c3ccc4ccccc4c3-c3ccccc3)c([2H])c2[2H])c2cccc3ccccc23)c(-c2ccccc2)c([2H])c1-c1ccccc1. The van der Waals surface area contributed by atoms with Gasteiger partial charge in [-0.1, -0.05) is 182 Å². The smallest absolute Gasteiger partial charge is 0.0645 e. The van der Waals surface area contributed by atoms with Gasteiger partial charge in [0, 0.05) is 16.6 Å². The standard InChI is InChI=1S/C50H35N/c1-4-15-36(16-5-1)42-30-34-49(47(35-42)38-17-6-2-7-18-38)51(48-26-14-23-37-19-10-12-24-44(37)48)43-31-27-40(28-32-43)46-33-29-39-20-11-13-25-45(39)50(46)41-21-8-3-9-22-41/h1-35H/i27D,28D,30D,31D,32D,34D,35D. The summed E-state index contributed by atoms with van der Waals surface area (Å²) >= 11 is 0. The molecule has 9 rings (SSSR count). The number of hydrogen-bond acceptors (Lipinski definition) is 1. The molecule has 0 spiro atoms. The van der Waals surface area contributed by atoms with E-state index in [1.807, 2.05) is 170 Å². The molecule has 0 unspecified atom stereocenters. The second-order valence-corrected chi connectivity index (χ2v) is 12.3. The maximum absolute atomic E-state index is 9.84. The minimum Gasteiger partial charge on any atom is -0.309 e. The molecule has 0 aliphatic rings. The monoisotopic (exact) mass is 656 g/mol. The average molecular weight is 657 g/mol. The van der Waals surface area contributed by atoms with Gasteiger partial charge in [-0.15, -0.1) is 0 Å². The third kappa shape index (κ3) is 5.75. The maximum Gasteiger partial charge on any atom is 0.0645 e. The van der Waals surface area contributed by atoms with Crippen LogP contribution in [0.3, 0.4) is 0 Å². The summed E-state index contributed by atoms with van der Waals surface area (Å²) in [4.78, 5) is 1.58. The van der Waals surface area contributed by atoms with Crippen LogP contribution >= 0.6 is 0 Å². The molecule has 0 saturated heterocycles. The van der Waals surface area contributed by atoms with Crippen molar-refractivity contribution < 1.29 is 9.60 Å². The summed E-state index contributed by atoms with van der Waals surface area (Å²) in [7, 11) is 0. The Morgan fingerprint density at radius 1 is 0.333 bits per heavy atom. The Morgan fingerprint density at radius 3 is 1.59 bits per heavy atom. The molecule has 1 nitrogen and oxygen atoms in total. The highest BCUT2D eigenvalue weighted by molar-refractivity contribution is 6.05. The zero-order chi connectivity index (χ0) is 40.1. The molecule has 0 bridgehead atoms. The van der Waals surface area contributed by atoms with Crippen molar-refractivity contribution >= 4 is 38.6 Å². The first-order chi connectivity index (χ1) is 28.3. The Bertz CT molecular complexity index is 2990. The highest BCUT2D eigenvalue weighted by atomic mass is 15.1. The van der Waals surface area contributed by atoms with Crippen LogP contribution in [0.15, 0.2) is 212 Å². The van der Waals surface area contributed by atoms with E-state index in [4.69, 9.17) is 0 Å². The molecule has 0 radical (unpaired) electrons.